The maximum atomic E-state index is 10.2. The lowest BCUT2D eigenvalue weighted by Gasteiger charge is -2.12. The summed E-state index contributed by atoms with van der Waals surface area (Å²) in [6.45, 7) is 0. The minimum atomic E-state index is 0.224. The number of rotatable bonds is 3. The fourth-order valence-electron chi connectivity index (χ4n) is 3.01. The first kappa shape index (κ1) is 14.5. The molecule has 24 heavy (non-hydrogen) atoms. The van der Waals surface area contributed by atoms with E-state index in [0.717, 1.165) is 28.6 Å². The number of pyridine rings is 1. The molecule has 1 N–H and O–H groups in total. The van der Waals surface area contributed by atoms with E-state index in [1.54, 1.807) is 6.07 Å². The van der Waals surface area contributed by atoms with Gasteiger partial charge in [-0.1, -0.05) is 72.8 Å². The summed E-state index contributed by atoms with van der Waals surface area (Å²) in [6.07, 6.45) is 0.731. The van der Waals surface area contributed by atoms with Gasteiger partial charge in [0.15, 0.2) is 0 Å². The fraction of sp³-hybridized carbons (Fsp3) is 0.0455. The zero-order valence-electron chi connectivity index (χ0n) is 13.2. The molecular weight excluding hydrogens is 294 g/mol. The largest absolute Gasteiger partial charge is 0.506 e. The molecule has 0 radical (unpaired) electrons. The van der Waals surface area contributed by atoms with Crippen molar-refractivity contribution in [2.24, 2.45) is 0 Å². The van der Waals surface area contributed by atoms with E-state index in [1.165, 1.54) is 5.56 Å². The van der Waals surface area contributed by atoms with E-state index in [-0.39, 0.29) is 5.75 Å². The lowest BCUT2D eigenvalue weighted by atomic mass is 9.97. The van der Waals surface area contributed by atoms with E-state index in [0.29, 0.717) is 5.52 Å². The van der Waals surface area contributed by atoms with Crippen LogP contribution in [0.5, 0.6) is 5.75 Å². The predicted octanol–water partition coefficient (Wildman–Crippen LogP) is 5.20. The van der Waals surface area contributed by atoms with Crippen molar-refractivity contribution in [1.29, 1.82) is 0 Å². The average molecular weight is 311 g/mol. The first-order valence-electron chi connectivity index (χ1n) is 8.02. The Morgan fingerprint density at radius 3 is 2.21 bits per heavy atom. The second-order valence-electron chi connectivity index (χ2n) is 5.86. The molecule has 0 aliphatic heterocycles. The summed E-state index contributed by atoms with van der Waals surface area (Å²) in [4.78, 5) is 4.80. The van der Waals surface area contributed by atoms with Crippen LogP contribution in [0.4, 0.5) is 0 Å². The molecule has 116 valence electrons. The van der Waals surface area contributed by atoms with Crippen LogP contribution in [0.15, 0.2) is 84.9 Å². The standard InChI is InChI=1S/C22H17NO/c24-21-13-7-12-18-15-19(17-10-5-2-6-11-17)20(23-22(18)21)14-16-8-3-1-4-9-16/h1-13,15,24H,14H2. The number of phenolic OH excluding ortho intramolecular Hbond substituents is 1. The molecule has 4 aromatic rings. The summed E-state index contributed by atoms with van der Waals surface area (Å²) in [5.41, 5.74) is 5.08. The predicted molar refractivity (Wildman–Crippen MR) is 98.1 cm³/mol. The summed E-state index contributed by atoms with van der Waals surface area (Å²) in [6, 6.07) is 28.2. The molecule has 4 rings (SSSR count). The van der Waals surface area contributed by atoms with E-state index >= 15 is 0 Å². The molecule has 2 heteroatoms. The van der Waals surface area contributed by atoms with E-state index in [1.807, 2.05) is 48.5 Å². The van der Waals surface area contributed by atoms with Crippen LogP contribution in [0, 0.1) is 0 Å². The molecule has 0 amide bonds. The van der Waals surface area contributed by atoms with Crippen molar-refractivity contribution >= 4 is 10.9 Å². The monoisotopic (exact) mass is 311 g/mol. The van der Waals surface area contributed by atoms with Crippen LogP contribution in [-0.4, -0.2) is 10.1 Å². The third kappa shape index (κ3) is 2.74. The number of nitrogens with zero attached hydrogens (tertiary/aromatic N) is 1. The average Bonchev–Trinajstić information content (AvgIpc) is 2.64. The van der Waals surface area contributed by atoms with Crippen molar-refractivity contribution in [2.75, 3.05) is 0 Å². The van der Waals surface area contributed by atoms with Crippen molar-refractivity contribution in [3.8, 4) is 16.9 Å². The van der Waals surface area contributed by atoms with E-state index < -0.39 is 0 Å². The molecule has 3 aromatic carbocycles. The van der Waals surface area contributed by atoms with Gasteiger partial charge in [0.25, 0.3) is 0 Å². The molecule has 0 bridgehead atoms. The van der Waals surface area contributed by atoms with Gasteiger partial charge in [-0.3, -0.25) is 0 Å². The summed E-state index contributed by atoms with van der Waals surface area (Å²) < 4.78 is 0. The van der Waals surface area contributed by atoms with Crippen LogP contribution >= 0.6 is 0 Å². The van der Waals surface area contributed by atoms with Gasteiger partial charge in [-0.25, -0.2) is 4.98 Å². The van der Waals surface area contributed by atoms with Crippen molar-refractivity contribution in [2.45, 2.75) is 6.42 Å². The van der Waals surface area contributed by atoms with Crippen LogP contribution in [0.3, 0.4) is 0 Å². The van der Waals surface area contributed by atoms with Gasteiger partial charge in [0.2, 0.25) is 0 Å². The lowest BCUT2D eigenvalue weighted by Crippen LogP contribution is -1.97. The number of aromatic hydroxyl groups is 1. The summed E-state index contributed by atoms with van der Waals surface area (Å²) in [7, 11) is 0. The van der Waals surface area contributed by atoms with Gasteiger partial charge in [-0.05, 0) is 23.3 Å². The van der Waals surface area contributed by atoms with Gasteiger partial charge in [0.05, 0.1) is 5.69 Å². The van der Waals surface area contributed by atoms with Crippen LogP contribution < -0.4 is 0 Å². The van der Waals surface area contributed by atoms with Crippen molar-refractivity contribution < 1.29 is 5.11 Å². The molecule has 0 aliphatic rings. The third-order valence-corrected chi connectivity index (χ3v) is 4.20. The van der Waals surface area contributed by atoms with Crippen molar-refractivity contribution in [3.63, 3.8) is 0 Å². The van der Waals surface area contributed by atoms with Crippen LogP contribution in [0.25, 0.3) is 22.0 Å². The number of aromatic nitrogens is 1. The van der Waals surface area contributed by atoms with Gasteiger partial charge in [-0.2, -0.15) is 0 Å². The number of hydrogen-bond donors (Lipinski definition) is 1. The minimum absolute atomic E-state index is 0.224. The maximum absolute atomic E-state index is 10.2. The molecule has 0 saturated heterocycles. The molecule has 0 atom stereocenters. The Morgan fingerprint density at radius 2 is 1.46 bits per heavy atom. The van der Waals surface area contributed by atoms with Gasteiger partial charge in [0, 0.05) is 17.4 Å². The van der Waals surface area contributed by atoms with Crippen molar-refractivity contribution in [3.05, 3.63) is 96.2 Å². The van der Waals surface area contributed by atoms with E-state index in [4.69, 9.17) is 4.98 Å². The highest BCUT2D eigenvalue weighted by molar-refractivity contribution is 5.89. The number of fused-ring (bicyclic) bond motifs is 1. The highest BCUT2D eigenvalue weighted by Gasteiger charge is 2.11. The Morgan fingerprint density at radius 1 is 0.750 bits per heavy atom. The molecule has 1 aromatic heterocycles. The molecular formula is C22H17NO. The number of phenols is 1. The van der Waals surface area contributed by atoms with E-state index in [9.17, 15) is 5.11 Å². The molecule has 0 saturated carbocycles. The quantitative estimate of drug-likeness (QED) is 0.564. The maximum Gasteiger partial charge on any atom is 0.141 e. The topological polar surface area (TPSA) is 33.1 Å². The van der Waals surface area contributed by atoms with Gasteiger partial charge in [-0.15, -0.1) is 0 Å². The lowest BCUT2D eigenvalue weighted by molar-refractivity contribution is 0.480. The Balaban J connectivity index is 1.93. The molecule has 0 spiro atoms. The Labute approximate surface area is 141 Å². The number of benzene rings is 3. The van der Waals surface area contributed by atoms with Gasteiger partial charge >= 0.3 is 0 Å². The smallest absolute Gasteiger partial charge is 0.141 e. The molecule has 0 aliphatic carbocycles. The van der Waals surface area contributed by atoms with Crippen LogP contribution in [0.1, 0.15) is 11.3 Å². The normalized spacial score (nSPS) is 10.8. The fourth-order valence-corrected chi connectivity index (χ4v) is 3.01. The first-order valence-corrected chi connectivity index (χ1v) is 8.02. The second-order valence-corrected chi connectivity index (χ2v) is 5.86. The minimum Gasteiger partial charge on any atom is -0.506 e. The first-order chi connectivity index (χ1) is 11.8. The van der Waals surface area contributed by atoms with Crippen LogP contribution in [0.2, 0.25) is 0 Å². The van der Waals surface area contributed by atoms with Gasteiger partial charge < -0.3 is 5.11 Å². The Kier molecular flexibility index (Phi) is 3.72. The molecule has 2 nitrogen and oxygen atoms in total. The Hall–Kier alpha value is -3.13. The molecule has 0 fully saturated rings. The zero-order chi connectivity index (χ0) is 16.4. The third-order valence-electron chi connectivity index (χ3n) is 4.20. The van der Waals surface area contributed by atoms with E-state index in [2.05, 4.69) is 30.3 Å². The number of hydrogen-bond acceptors (Lipinski definition) is 2. The summed E-state index contributed by atoms with van der Waals surface area (Å²) >= 11 is 0. The highest BCUT2D eigenvalue weighted by Crippen LogP contribution is 2.31. The number of para-hydroxylation sites is 1. The zero-order valence-corrected chi connectivity index (χ0v) is 13.2. The second kappa shape index (κ2) is 6.17. The summed E-state index contributed by atoms with van der Waals surface area (Å²) in [5.74, 6) is 0.224. The summed E-state index contributed by atoms with van der Waals surface area (Å²) in [5, 5.41) is 11.1. The SMILES string of the molecule is Oc1cccc2cc(-c3ccccc3)c(Cc3ccccc3)nc12. The highest BCUT2D eigenvalue weighted by atomic mass is 16.3. The van der Waals surface area contributed by atoms with Gasteiger partial charge in [0.1, 0.15) is 11.3 Å². The van der Waals surface area contributed by atoms with Crippen LogP contribution in [-0.2, 0) is 6.42 Å². The molecule has 0 unspecified atom stereocenters. The van der Waals surface area contributed by atoms with Crippen molar-refractivity contribution in [1.82, 2.24) is 4.98 Å². The Bertz CT molecular complexity index is 979. The molecule has 1 heterocycles.